The molecule has 0 fully saturated rings. The van der Waals surface area contributed by atoms with Gasteiger partial charge in [0.25, 0.3) is 0 Å². The van der Waals surface area contributed by atoms with Crippen LogP contribution in [0.25, 0.3) is 22.4 Å². The van der Waals surface area contributed by atoms with Gasteiger partial charge in [0.1, 0.15) is 5.30 Å². The van der Waals surface area contributed by atoms with Crippen LogP contribution in [0.5, 0.6) is 0 Å². The average Bonchev–Trinajstić information content (AvgIpc) is 3.11. The Morgan fingerprint density at radius 3 is 2.83 bits per heavy atom. The molecule has 0 saturated heterocycles. The van der Waals surface area contributed by atoms with Crippen molar-refractivity contribution >= 4 is 41.4 Å². The van der Waals surface area contributed by atoms with Gasteiger partial charge in [-0.25, -0.2) is 4.98 Å². The molecular formula is C15H17ClN3O4P. The molecule has 0 radical (unpaired) electrons. The Balaban J connectivity index is 2.19. The number of benzene rings is 1. The molecule has 0 unspecified atom stereocenters. The number of unbranched alkanes of at least 4 members (excludes halogenated alkanes) is 1. The van der Waals surface area contributed by atoms with Crippen LogP contribution in [0.4, 0.5) is 5.88 Å². The van der Waals surface area contributed by atoms with Gasteiger partial charge in [-0.1, -0.05) is 6.07 Å². The SMILES string of the molecule is Nc1oc(-c2cccc3[nH]cnc23)c(P(=O)(O)O)c1CCCCCl. The number of fused-ring (bicyclic) bond motifs is 1. The van der Waals surface area contributed by atoms with Crippen LogP contribution in [0.15, 0.2) is 28.9 Å². The molecule has 2 aromatic heterocycles. The Kier molecular flexibility index (Phi) is 4.69. The summed E-state index contributed by atoms with van der Waals surface area (Å²) < 4.78 is 17.7. The Hall–Kier alpha value is -1.79. The Morgan fingerprint density at radius 2 is 2.12 bits per heavy atom. The van der Waals surface area contributed by atoms with E-state index in [1.165, 1.54) is 6.33 Å². The van der Waals surface area contributed by atoms with Crippen molar-refractivity contribution in [3.8, 4) is 11.3 Å². The fourth-order valence-electron chi connectivity index (χ4n) is 2.75. The molecule has 3 rings (SSSR count). The summed E-state index contributed by atoms with van der Waals surface area (Å²) in [6.45, 7) is 0. The standard InChI is InChI=1S/C15H17ClN3O4P/c16-7-2-1-4-10-14(24(20,21)22)13(23-15(10)17)9-5-3-6-11-12(9)19-8-18-11/h3,5-6,8H,1-2,4,7,17H2,(H,18,19)(H2,20,21,22). The van der Waals surface area contributed by atoms with Crippen molar-refractivity contribution in [2.75, 3.05) is 11.6 Å². The lowest BCUT2D eigenvalue weighted by atomic mass is 10.1. The van der Waals surface area contributed by atoms with Crippen molar-refractivity contribution in [3.63, 3.8) is 0 Å². The van der Waals surface area contributed by atoms with E-state index in [0.29, 0.717) is 35.4 Å². The van der Waals surface area contributed by atoms with Gasteiger partial charge in [0.05, 0.1) is 17.4 Å². The first-order chi connectivity index (χ1) is 11.4. The zero-order valence-electron chi connectivity index (χ0n) is 12.7. The molecular weight excluding hydrogens is 353 g/mol. The summed E-state index contributed by atoms with van der Waals surface area (Å²) in [5.74, 6) is 0.562. The molecule has 0 aliphatic rings. The number of nitrogens with one attached hydrogen (secondary N) is 1. The van der Waals surface area contributed by atoms with E-state index < -0.39 is 7.60 Å². The van der Waals surface area contributed by atoms with E-state index in [9.17, 15) is 14.4 Å². The van der Waals surface area contributed by atoms with E-state index in [1.807, 2.05) is 6.07 Å². The number of imidazole rings is 1. The van der Waals surface area contributed by atoms with Crippen LogP contribution in [0.2, 0.25) is 0 Å². The second-order valence-corrected chi connectivity index (χ2v) is 7.33. The first kappa shape index (κ1) is 17.0. The normalized spacial score (nSPS) is 12.1. The molecule has 7 nitrogen and oxygen atoms in total. The summed E-state index contributed by atoms with van der Waals surface area (Å²) in [6.07, 6.45) is 3.28. The van der Waals surface area contributed by atoms with Gasteiger partial charge in [-0.15, -0.1) is 11.6 Å². The second-order valence-electron chi connectivity index (χ2n) is 5.42. The Labute approximate surface area is 143 Å². The monoisotopic (exact) mass is 369 g/mol. The molecule has 0 aliphatic heterocycles. The summed E-state index contributed by atoms with van der Waals surface area (Å²) in [5, 5.41) is -0.162. The summed E-state index contributed by atoms with van der Waals surface area (Å²) in [6, 6.07) is 5.27. The minimum Gasteiger partial charge on any atom is -0.440 e. The molecule has 5 N–H and O–H groups in total. The molecule has 0 atom stereocenters. The molecule has 0 aliphatic carbocycles. The number of para-hydroxylation sites is 1. The number of nitrogen functional groups attached to an aromatic ring is 1. The maximum absolute atomic E-state index is 12.1. The summed E-state index contributed by atoms with van der Waals surface area (Å²) in [5.41, 5.74) is 8.04. The maximum Gasteiger partial charge on any atom is 0.360 e. The first-order valence-corrected chi connectivity index (χ1v) is 9.54. The van der Waals surface area contributed by atoms with Crippen molar-refractivity contribution in [2.45, 2.75) is 19.3 Å². The van der Waals surface area contributed by atoms with E-state index in [2.05, 4.69) is 9.97 Å². The van der Waals surface area contributed by atoms with Gasteiger partial charge >= 0.3 is 7.60 Å². The number of aromatic nitrogens is 2. The fourth-order valence-corrected chi connectivity index (χ4v) is 3.94. The van der Waals surface area contributed by atoms with Crippen LogP contribution in [-0.2, 0) is 11.0 Å². The highest BCUT2D eigenvalue weighted by Crippen LogP contribution is 2.44. The number of furan rings is 1. The number of alkyl halides is 1. The number of halogens is 1. The molecule has 1 aromatic carbocycles. The number of nitrogens with zero attached hydrogens (tertiary/aromatic N) is 1. The fraction of sp³-hybridized carbons (Fsp3) is 0.267. The molecule has 0 bridgehead atoms. The van der Waals surface area contributed by atoms with Crippen LogP contribution in [0.3, 0.4) is 0 Å². The zero-order valence-corrected chi connectivity index (χ0v) is 14.3. The number of hydrogen-bond donors (Lipinski definition) is 4. The van der Waals surface area contributed by atoms with Gasteiger partial charge in [0, 0.05) is 17.0 Å². The lowest BCUT2D eigenvalue weighted by Gasteiger charge is -2.08. The maximum atomic E-state index is 12.1. The van der Waals surface area contributed by atoms with Crippen molar-refractivity contribution < 1.29 is 18.8 Å². The summed E-state index contributed by atoms with van der Waals surface area (Å²) >= 11 is 5.67. The molecule has 128 valence electrons. The van der Waals surface area contributed by atoms with Crippen LogP contribution in [0, 0.1) is 0 Å². The summed E-state index contributed by atoms with van der Waals surface area (Å²) in [4.78, 5) is 26.9. The lowest BCUT2D eigenvalue weighted by Crippen LogP contribution is -2.11. The number of aromatic amines is 1. The van der Waals surface area contributed by atoms with Crippen molar-refractivity contribution in [1.82, 2.24) is 9.97 Å². The third kappa shape index (κ3) is 3.08. The lowest BCUT2D eigenvalue weighted by molar-refractivity contribution is 0.387. The highest BCUT2D eigenvalue weighted by atomic mass is 35.5. The van der Waals surface area contributed by atoms with Crippen molar-refractivity contribution in [3.05, 3.63) is 30.1 Å². The van der Waals surface area contributed by atoms with Crippen LogP contribution in [0.1, 0.15) is 18.4 Å². The third-order valence-electron chi connectivity index (χ3n) is 3.81. The van der Waals surface area contributed by atoms with Gasteiger partial charge in [-0.3, -0.25) is 4.57 Å². The second kappa shape index (κ2) is 6.61. The molecule has 9 heteroatoms. The van der Waals surface area contributed by atoms with E-state index in [0.717, 1.165) is 11.9 Å². The van der Waals surface area contributed by atoms with Crippen LogP contribution >= 0.6 is 19.2 Å². The van der Waals surface area contributed by atoms with Crippen molar-refractivity contribution in [2.24, 2.45) is 0 Å². The quantitative estimate of drug-likeness (QED) is 0.301. The number of hydrogen-bond acceptors (Lipinski definition) is 4. The highest BCUT2D eigenvalue weighted by molar-refractivity contribution is 7.60. The molecule has 0 saturated carbocycles. The molecule has 0 spiro atoms. The minimum atomic E-state index is -4.59. The first-order valence-electron chi connectivity index (χ1n) is 7.39. The number of anilines is 1. The molecule has 2 heterocycles. The van der Waals surface area contributed by atoms with Gasteiger partial charge in [0.2, 0.25) is 0 Å². The van der Waals surface area contributed by atoms with Gasteiger partial charge in [-0.05, 0) is 31.4 Å². The van der Waals surface area contributed by atoms with Gasteiger partial charge < -0.3 is 24.9 Å². The average molecular weight is 370 g/mol. The van der Waals surface area contributed by atoms with E-state index in [1.54, 1.807) is 12.1 Å². The number of H-pyrrole nitrogens is 1. The summed E-state index contributed by atoms with van der Waals surface area (Å²) in [7, 11) is -4.59. The van der Waals surface area contributed by atoms with Crippen molar-refractivity contribution in [1.29, 1.82) is 0 Å². The number of rotatable bonds is 6. The highest BCUT2D eigenvalue weighted by Gasteiger charge is 2.33. The number of nitrogens with two attached hydrogens (primary N) is 1. The molecule has 3 aromatic rings. The van der Waals surface area contributed by atoms with E-state index in [-0.39, 0.29) is 16.9 Å². The largest absolute Gasteiger partial charge is 0.440 e. The predicted octanol–water partition coefficient (Wildman–Crippen LogP) is 2.77. The Bertz CT molecular complexity index is 915. The van der Waals surface area contributed by atoms with Gasteiger partial charge in [0.15, 0.2) is 11.6 Å². The third-order valence-corrected chi connectivity index (χ3v) is 5.13. The predicted molar refractivity (Wildman–Crippen MR) is 93.5 cm³/mol. The molecule has 24 heavy (non-hydrogen) atoms. The zero-order chi connectivity index (χ0) is 17.3. The minimum absolute atomic E-state index is 0.0189. The Morgan fingerprint density at radius 1 is 1.33 bits per heavy atom. The molecule has 0 amide bonds. The smallest absolute Gasteiger partial charge is 0.360 e. The van der Waals surface area contributed by atoms with Gasteiger partial charge in [-0.2, -0.15) is 0 Å². The van der Waals surface area contributed by atoms with E-state index in [4.69, 9.17) is 21.8 Å². The van der Waals surface area contributed by atoms with E-state index >= 15 is 0 Å². The van der Waals surface area contributed by atoms with Crippen LogP contribution in [-0.4, -0.2) is 25.6 Å². The topological polar surface area (TPSA) is 125 Å². The van der Waals surface area contributed by atoms with Crippen LogP contribution < -0.4 is 11.0 Å².